The molecular weight excluding hydrogens is 737 g/mol. The lowest BCUT2D eigenvalue weighted by Crippen LogP contribution is -2.53. The number of piperidine rings is 2. The standard InChI is InChI=1S/C44H54N8O6/c1-27(2)37(49-43(55)57-5)41(53)51-23-9-7-11-35(51)39-45-25-33(47-39)31-19-15-29(16-20-31)13-14-30-17-21-32(22-18-30)34-26-46-40(48-34)36-12-8-10-24-52(36)42(54)38(28(3)4)50-44(56)58-6/h15-22,25-28,35-38H,7-12,23-24H2,1-6H3,(H,45,47)(H,46,48)(H,49,55)(H,50,56)/t35-,36-,37-,38-/m0/s1. The fraction of sp³-hybridized carbons (Fsp3) is 0.455. The largest absolute Gasteiger partial charge is 0.453 e. The topological polar surface area (TPSA) is 175 Å². The first-order chi connectivity index (χ1) is 28.0. The molecule has 4 heterocycles. The highest BCUT2D eigenvalue weighted by Gasteiger charge is 2.37. The molecule has 2 aliphatic heterocycles. The van der Waals surface area contributed by atoms with Crippen LogP contribution in [-0.4, -0.2) is 93.1 Å². The lowest BCUT2D eigenvalue weighted by atomic mass is 9.97. The first-order valence-electron chi connectivity index (χ1n) is 20.1. The van der Waals surface area contributed by atoms with E-state index in [4.69, 9.17) is 9.47 Å². The third-order valence-corrected chi connectivity index (χ3v) is 10.9. The zero-order chi connectivity index (χ0) is 41.3. The second kappa shape index (κ2) is 18.9. The number of ether oxygens (including phenoxy) is 2. The number of likely N-dealkylation sites (tertiary alicyclic amines) is 2. The van der Waals surface area contributed by atoms with Crippen LogP contribution >= 0.6 is 0 Å². The van der Waals surface area contributed by atoms with Crippen LogP contribution in [0.5, 0.6) is 0 Å². The second-order valence-corrected chi connectivity index (χ2v) is 15.6. The van der Waals surface area contributed by atoms with E-state index in [1.807, 2.05) is 86.0 Å². The summed E-state index contributed by atoms with van der Waals surface area (Å²) in [6, 6.07) is 14.1. The quantitative estimate of drug-likeness (QED) is 0.128. The van der Waals surface area contributed by atoms with Crippen LogP contribution in [0.1, 0.15) is 101 Å². The van der Waals surface area contributed by atoms with E-state index in [-0.39, 0.29) is 35.7 Å². The normalized spacial score (nSPS) is 17.9. The molecule has 2 fully saturated rings. The maximum absolute atomic E-state index is 13.7. The molecule has 2 saturated heterocycles. The van der Waals surface area contributed by atoms with Crippen LogP contribution in [0, 0.1) is 23.7 Å². The van der Waals surface area contributed by atoms with Crippen molar-refractivity contribution in [1.29, 1.82) is 0 Å². The van der Waals surface area contributed by atoms with E-state index in [2.05, 4.69) is 42.4 Å². The van der Waals surface area contributed by atoms with Crippen LogP contribution in [0.25, 0.3) is 22.5 Å². The number of H-pyrrole nitrogens is 2. The molecule has 0 bridgehead atoms. The highest BCUT2D eigenvalue weighted by molar-refractivity contribution is 5.87. The van der Waals surface area contributed by atoms with Gasteiger partial charge in [0.05, 0.1) is 50.1 Å². The van der Waals surface area contributed by atoms with E-state index in [1.54, 1.807) is 12.4 Å². The van der Waals surface area contributed by atoms with Gasteiger partial charge in [-0.2, -0.15) is 0 Å². The lowest BCUT2D eigenvalue weighted by Gasteiger charge is -2.37. The van der Waals surface area contributed by atoms with Crippen molar-refractivity contribution in [3.63, 3.8) is 0 Å². The summed E-state index contributed by atoms with van der Waals surface area (Å²) in [5, 5.41) is 5.42. The van der Waals surface area contributed by atoms with Crippen molar-refractivity contribution in [3.05, 3.63) is 83.7 Å². The third-order valence-electron chi connectivity index (χ3n) is 10.9. The van der Waals surface area contributed by atoms with Gasteiger partial charge in [-0.3, -0.25) is 9.59 Å². The van der Waals surface area contributed by atoms with E-state index in [9.17, 15) is 19.2 Å². The lowest BCUT2D eigenvalue weighted by molar-refractivity contribution is -0.139. The molecule has 4 N–H and O–H groups in total. The predicted octanol–water partition coefficient (Wildman–Crippen LogP) is 6.74. The Bertz CT molecular complexity index is 1960. The molecule has 0 saturated carbocycles. The molecule has 4 amide bonds. The zero-order valence-corrected chi connectivity index (χ0v) is 34.1. The molecule has 0 unspecified atom stereocenters. The zero-order valence-electron chi connectivity index (χ0n) is 34.1. The van der Waals surface area contributed by atoms with Crippen molar-refractivity contribution < 1.29 is 28.7 Å². The van der Waals surface area contributed by atoms with E-state index >= 15 is 0 Å². The van der Waals surface area contributed by atoms with E-state index in [0.717, 1.165) is 83.8 Å². The molecule has 14 nitrogen and oxygen atoms in total. The average molecular weight is 791 g/mol. The van der Waals surface area contributed by atoms with Crippen molar-refractivity contribution in [2.75, 3.05) is 27.3 Å². The second-order valence-electron chi connectivity index (χ2n) is 15.6. The fourth-order valence-electron chi connectivity index (χ4n) is 7.63. The Balaban J connectivity index is 1.09. The summed E-state index contributed by atoms with van der Waals surface area (Å²) in [6.45, 7) is 8.80. The molecule has 58 heavy (non-hydrogen) atoms. The molecule has 4 aromatic rings. The van der Waals surface area contributed by atoms with Gasteiger partial charge in [0.2, 0.25) is 11.8 Å². The van der Waals surface area contributed by atoms with Gasteiger partial charge in [0.1, 0.15) is 23.7 Å². The van der Waals surface area contributed by atoms with Gasteiger partial charge < -0.3 is 39.9 Å². The van der Waals surface area contributed by atoms with Gasteiger partial charge in [0, 0.05) is 24.2 Å². The Morgan fingerprint density at radius 2 is 1.02 bits per heavy atom. The summed E-state index contributed by atoms with van der Waals surface area (Å²) in [5.74, 6) is 7.45. The van der Waals surface area contributed by atoms with Crippen LogP contribution in [0.3, 0.4) is 0 Å². The number of nitrogens with one attached hydrogen (secondary N) is 4. The maximum atomic E-state index is 13.7. The van der Waals surface area contributed by atoms with E-state index in [0.29, 0.717) is 13.1 Å². The monoisotopic (exact) mass is 790 g/mol. The number of alkyl carbamates (subject to hydrolysis) is 2. The molecule has 2 aromatic heterocycles. The number of nitrogens with zero attached hydrogens (tertiary/aromatic N) is 4. The Morgan fingerprint density at radius 1 is 0.638 bits per heavy atom. The summed E-state index contributed by atoms with van der Waals surface area (Å²) in [5.41, 5.74) is 5.31. The number of amides is 4. The Kier molecular flexibility index (Phi) is 13.5. The minimum atomic E-state index is -0.695. The van der Waals surface area contributed by atoms with Crippen molar-refractivity contribution in [3.8, 4) is 34.4 Å². The van der Waals surface area contributed by atoms with Gasteiger partial charge in [0.25, 0.3) is 0 Å². The molecule has 2 aromatic carbocycles. The molecule has 14 heteroatoms. The SMILES string of the molecule is COC(=O)N[C@H](C(=O)N1CCCC[C@H]1c1ncc(-c2ccc(C#Cc3ccc(-c4cnc([C@@H]5CCCCN5C(=O)[C@@H](NC(=O)OC)C(C)C)[nH]4)cc3)cc2)[nH]1)C(C)C. The Morgan fingerprint density at radius 3 is 1.36 bits per heavy atom. The Labute approximate surface area is 339 Å². The highest BCUT2D eigenvalue weighted by atomic mass is 16.5. The number of methoxy groups -OCH3 is 2. The first kappa shape index (κ1) is 41.5. The smallest absolute Gasteiger partial charge is 0.407 e. The minimum absolute atomic E-state index is 0.110. The molecule has 0 spiro atoms. The third kappa shape index (κ3) is 9.70. The Hall–Kier alpha value is -6.10. The number of rotatable bonds is 10. The number of hydrogen-bond acceptors (Lipinski definition) is 8. The van der Waals surface area contributed by atoms with Gasteiger partial charge in [-0.1, -0.05) is 63.8 Å². The fourth-order valence-corrected chi connectivity index (χ4v) is 7.63. The molecule has 6 rings (SSSR count). The van der Waals surface area contributed by atoms with Gasteiger partial charge in [0.15, 0.2) is 0 Å². The number of carbonyl (C=O) groups excluding carboxylic acids is 4. The maximum Gasteiger partial charge on any atom is 0.407 e. The van der Waals surface area contributed by atoms with Crippen LogP contribution < -0.4 is 10.6 Å². The summed E-state index contributed by atoms with van der Waals surface area (Å²) >= 11 is 0. The molecule has 0 radical (unpaired) electrons. The van der Waals surface area contributed by atoms with Crippen LogP contribution in [-0.2, 0) is 19.1 Å². The van der Waals surface area contributed by atoms with Gasteiger partial charge in [-0.15, -0.1) is 0 Å². The summed E-state index contributed by atoms with van der Waals surface area (Å²) in [7, 11) is 2.58. The molecular formula is C44H54N8O6. The van der Waals surface area contributed by atoms with E-state index in [1.165, 1.54) is 14.2 Å². The number of carbonyl (C=O) groups is 4. The number of imidazole rings is 2. The van der Waals surface area contributed by atoms with Crippen LogP contribution in [0.15, 0.2) is 60.9 Å². The summed E-state index contributed by atoms with van der Waals surface area (Å²) < 4.78 is 9.54. The molecule has 2 aliphatic rings. The van der Waals surface area contributed by atoms with Crippen LogP contribution in [0.4, 0.5) is 9.59 Å². The molecule has 306 valence electrons. The predicted molar refractivity (Wildman–Crippen MR) is 219 cm³/mol. The minimum Gasteiger partial charge on any atom is -0.453 e. The first-order valence-corrected chi connectivity index (χ1v) is 20.1. The van der Waals surface area contributed by atoms with Crippen molar-refractivity contribution in [2.45, 2.75) is 90.4 Å². The molecule has 4 atom stereocenters. The highest BCUT2D eigenvalue weighted by Crippen LogP contribution is 2.33. The number of hydrogen-bond donors (Lipinski definition) is 4. The summed E-state index contributed by atoms with van der Waals surface area (Å²) in [6.07, 6.45) is 7.62. The molecule has 0 aliphatic carbocycles. The summed E-state index contributed by atoms with van der Waals surface area (Å²) in [4.78, 5) is 71.2. The number of aromatic nitrogens is 4. The number of benzene rings is 2. The van der Waals surface area contributed by atoms with E-state index < -0.39 is 24.3 Å². The van der Waals surface area contributed by atoms with Crippen molar-refractivity contribution in [2.24, 2.45) is 11.8 Å². The average Bonchev–Trinajstić information content (AvgIpc) is 3.95. The van der Waals surface area contributed by atoms with Crippen LogP contribution in [0.2, 0.25) is 0 Å². The van der Waals surface area contributed by atoms with Gasteiger partial charge in [-0.25, -0.2) is 19.6 Å². The van der Waals surface area contributed by atoms with Crippen molar-refractivity contribution in [1.82, 2.24) is 40.4 Å². The number of aromatic amines is 2. The van der Waals surface area contributed by atoms with Gasteiger partial charge >= 0.3 is 12.2 Å². The van der Waals surface area contributed by atoms with Crippen molar-refractivity contribution >= 4 is 24.0 Å². The van der Waals surface area contributed by atoms with Gasteiger partial charge in [-0.05, 0) is 85.8 Å².